The molecule has 12 unspecified atom stereocenters. The average Bonchev–Trinajstić information content (AvgIpc) is 3.79. The lowest BCUT2D eigenvalue weighted by atomic mass is 9.52. The van der Waals surface area contributed by atoms with Gasteiger partial charge in [-0.1, -0.05) is 60.7 Å². The monoisotopic (exact) mass is 694 g/mol. The van der Waals surface area contributed by atoms with Gasteiger partial charge in [-0.2, -0.15) is 0 Å². The Morgan fingerprint density at radius 2 is 1.13 bits per heavy atom. The highest BCUT2D eigenvalue weighted by Gasteiger charge is 2.80. The molecule has 0 amide bonds. The first-order valence-electron chi connectivity index (χ1n) is 20.9. The summed E-state index contributed by atoms with van der Waals surface area (Å²) in [5, 5.41) is 0. The lowest BCUT2D eigenvalue weighted by Crippen LogP contribution is -2.78. The van der Waals surface area contributed by atoms with E-state index in [1.807, 2.05) is 0 Å². The quantitative estimate of drug-likeness (QED) is 0.272. The molecule has 6 nitrogen and oxygen atoms in total. The van der Waals surface area contributed by atoms with Crippen LogP contribution in [0.1, 0.15) is 50.7 Å². The molecule has 13 rings (SSSR count). The van der Waals surface area contributed by atoms with Crippen LogP contribution >= 0.6 is 0 Å². The Hall–Kier alpha value is -3.16. The molecule has 6 heteroatoms. The first-order chi connectivity index (χ1) is 25.6. The molecule has 0 aromatic heterocycles. The van der Waals surface area contributed by atoms with Crippen molar-refractivity contribution >= 4 is 11.4 Å². The highest BCUT2D eigenvalue weighted by atomic mass is 16.5. The van der Waals surface area contributed by atoms with Crippen LogP contribution in [-0.4, -0.2) is 98.1 Å². The number of rotatable bonds is 4. The summed E-state index contributed by atoms with van der Waals surface area (Å²) < 4.78 is 17.6. The van der Waals surface area contributed by atoms with Gasteiger partial charge in [0.25, 0.3) is 0 Å². The second-order valence-corrected chi connectivity index (χ2v) is 18.9. The molecular weight excluding hydrogens is 641 g/mol. The molecule has 7 fully saturated rings. The minimum absolute atomic E-state index is 0.0496. The number of para-hydroxylation sites is 2. The van der Waals surface area contributed by atoms with E-state index in [1.54, 1.807) is 22.3 Å². The summed E-state index contributed by atoms with van der Waals surface area (Å²) >= 11 is 0. The van der Waals surface area contributed by atoms with Crippen molar-refractivity contribution in [1.82, 2.24) is 0 Å². The minimum atomic E-state index is 0.0496. The lowest BCUT2D eigenvalue weighted by molar-refractivity contribution is -0.938. The largest absolute Gasteiger partial charge is 0.354 e. The minimum Gasteiger partial charge on any atom is -0.354 e. The maximum absolute atomic E-state index is 7.56. The van der Waals surface area contributed by atoms with E-state index in [1.165, 1.54) is 72.2 Å². The summed E-state index contributed by atoms with van der Waals surface area (Å²) in [6.07, 6.45) is 19.9. The van der Waals surface area contributed by atoms with Crippen molar-refractivity contribution in [1.29, 1.82) is 0 Å². The van der Waals surface area contributed by atoms with Crippen LogP contribution in [0.25, 0.3) is 0 Å². The van der Waals surface area contributed by atoms with Crippen molar-refractivity contribution in [2.24, 2.45) is 23.7 Å². The number of quaternary nitrogens is 2. The van der Waals surface area contributed by atoms with Crippen LogP contribution in [0.2, 0.25) is 0 Å². The van der Waals surface area contributed by atoms with E-state index < -0.39 is 0 Å². The molecule has 0 radical (unpaired) electrons. The molecule has 2 aromatic rings. The van der Waals surface area contributed by atoms with E-state index >= 15 is 0 Å². The summed E-state index contributed by atoms with van der Waals surface area (Å²) in [7, 11) is 0. The van der Waals surface area contributed by atoms with Gasteiger partial charge in [0.2, 0.25) is 0 Å². The number of anilines is 2. The van der Waals surface area contributed by atoms with Crippen LogP contribution in [0.3, 0.4) is 0 Å². The standard InChI is InChI=1S/C46H54N4O2/c1-3-5-19-49-21-17-45-33-11-7-9-13-35(33)47-41(45)39-31(25-37(45)49)29(27-49)15-23-51-43(39)48-36-14-10-8-12-34(36)46-18-22-50(20-6-4-2)28-30-16-24-52-44(47)40(42(46)48)32(30)26-38(46)50/h3-16,31-32,37-44H,17-28H2,1-2H3/q+2/b5-3+,6-4+/t31?,32?,37?,38?,39?,40?,41?,42?,43?,44?,45?,46?,49-,50-/m0/s1. The van der Waals surface area contributed by atoms with Crippen LogP contribution in [0.5, 0.6) is 0 Å². The van der Waals surface area contributed by atoms with Gasteiger partial charge in [-0.3, -0.25) is 0 Å². The molecule has 9 heterocycles. The molecule has 2 spiro atoms. The maximum atomic E-state index is 7.56. The molecule has 2 aromatic carbocycles. The molecule has 4 bridgehead atoms. The zero-order valence-corrected chi connectivity index (χ0v) is 30.9. The third-order valence-corrected chi connectivity index (χ3v) is 17.9. The van der Waals surface area contributed by atoms with Gasteiger partial charge in [0.05, 0.1) is 62.3 Å². The average molecular weight is 695 g/mol. The highest BCUT2D eigenvalue weighted by molar-refractivity contribution is 5.72. The normalized spacial score (nSPS) is 48.9. The molecular formula is C46H54N4O2+2. The third-order valence-electron chi connectivity index (χ3n) is 17.9. The van der Waals surface area contributed by atoms with E-state index in [9.17, 15) is 0 Å². The summed E-state index contributed by atoms with van der Waals surface area (Å²) in [6.45, 7) is 13.1. The van der Waals surface area contributed by atoms with Gasteiger partial charge in [0.15, 0.2) is 0 Å². The number of piperidine rings is 2. The first kappa shape index (κ1) is 30.2. The number of fused-ring (bicyclic) bond motifs is 6. The summed E-state index contributed by atoms with van der Waals surface area (Å²) in [5.74, 6) is 1.85. The lowest BCUT2D eigenvalue weighted by Gasteiger charge is -2.65. The van der Waals surface area contributed by atoms with Crippen molar-refractivity contribution < 1.29 is 18.4 Å². The van der Waals surface area contributed by atoms with Crippen molar-refractivity contribution in [2.45, 2.75) is 87.0 Å². The van der Waals surface area contributed by atoms with Crippen LogP contribution < -0.4 is 9.80 Å². The van der Waals surface area contributed by atoms with E-state index in [0.717, 1.165) is 26.3 Å². The molecule has 11 aliphatic rings. The predicted octanol–water partition coefficient (Wildman–Crippen LogP) is 6.45. The number of benzene rings is 2. The van der Waals surface area contributed by atoms with Gasteiger partial charge in [0.1, 0.15) is 37.6 Å². The van der Waals surface area contributed by atoms with Gasteiger partial charge in [0, 0.05) is 60.7 Å². The SMILES string of the molecule is C/C=C/C[N@+]12CCC34c5ccccc5N5C6OCC=C7C[N@+]8(C/C=C/C)CCC9%10c%11ccccc%11N(C%11OCC=C(C1)C(CC32)C%11C54)C9C6C7CC%108. The smallest absolute Gasteiger partial charge is 0.136 e. The van der Waals surface area contributed by atoms with Gasteiger partial charge in [-0.05, 0) is 60.4 Å². The fourth-order valence-corrected chi connectivity index (χ4v) is 16.5. The number of ether oxygens (including phenoxy) is 2. The molecule has 52 heavy (non-hydrogen) atoms. The second kappa shape index (κ2) is 9.92. The van der Waals surface area contributed by atoms with Crippen molar-refractivity contribution in [3.63, 3.8) is 0 Å². The summed E-state index contributed by atoms with van der Waals surface area (Å²) in [4.78, 5) is 6.00. The van der Waals surface area contributed by atoms with Gasteiger partial charge >= 0.3 is 0 Å². The fourth-order valence-electron chi connectivity index (χ4n) is 16.5. The molecule has 9 aliphatic heterocycles. The zero-order chi connectivity index (χ0) is 34.2. The fraction of sp³-hybridized carbons (Fsp3) is 0.565. The van der Waals surface area contributed by atoms with Crippen molar-refractivity contribution in [2.75, 3.05) is 62.3 Å². The maximum Gasteiger partial charge on any atom is 0.136 e. The Balaban J connectivity index is 1.10. The van der Waals surface area contributed by atoms with E-state index in [4.69, 9.17) is 9.47 Å². The van der Waals surface area contributed by atoms with Crippen molar-refractivity contribution in [3.05, 3.63) is 107 Å². The summed E-state index contributed by atoms with van der Waals surface area (Å²) in [6, 6.07) is 21.5. The first-order valence-corrected chi connectivity index (χ1v) is 20.9. The van der Waals surface area contributed by atoms with Gasteiger partial charge in [-0.15, -0.1) is 0 Å². The Bertz CT molecular complexity index is 1890. The van der Waals surface area contributed by atoms with Crippen LogP contribution in [0.15, 0.2) is 96.1 Å². The van der Waals surface area contributed by atoms with Crippen LogP contribution in [0, 0.1) is 23.7 Å². The molecule has 268 valence electrons. The predicted molar refractivity (Wildman–Crippen MR) is 204 cm³/mol. The van der Waals surface area contributed by atoms with Gasteiger partial charge in [-0.25, -0.2) is 0 Å². The van der Waals surface area contributed by atoms with E-state index in [-0.39, 0.29) is 23.3 Å². The Kier molecular flexibility index (Phi) is 5.76. The van der Waals surface area contributed by atoms with Crippen LogP contribution in [-0.2, 0) is 20.3 Å². The Labute approximate surface area is 309 Å². The Morgan fingerprint density at radius 1 is 0.673 bits per heavy atom. The topological polar surface area (TPSA) is 24.9 Å². The summed E-state index contributed by atoms with van der Waals surface area (Å²) in [5.41, 5.74) is 9.86. The van der Waals surface area contributed by atoms with Crippen molar-refractivity contribution in [3.8, 4) is 0 Å². The third kappa shape index (κ3) is 3.15. The Morgan fingerprint density at radius 3 is 1.60 bits per heavy atom. The van der Waals surface area contributed by atoms with Gasteiger partial charge < -0.3 is 28.2 Å². The number of nitrogens with zero attached hydrogens (tertiary/aromatic N) is 4. The molecule has 0 N–H and O–H groups in total. The second-order valence-electron chi connectivity index (χ2n) is 18.9. The zero-order valence-electron chi connectivity index (χ0n) is 30.9. The molecule has 14 atom stereocenters. The molecule has 2 saturated carbocycles. The number of hydrogen-bond donors (Lipinski definition) is 0. The molecule has 5 saturated heterocycles. The number of allylic oxidation sites excluding steroid dienone is 2. The highest BCUT2D eigenvalue weighted by Crippen LogP contribution is 2.72. The van der Waals surface area contributed by atoms with E-state index in [0.29, 0.717) is 47.8 Å². The van der Waals surface area contributed by atoms with E-state index in [2.05, 4.69) is 109 Å². The molecule has 2 aliphatic carbocycles. The van der Waals surface area contributed by atoms with Crippen LogP contribution in [0.4, 0.5) is 11.4 Å². The number of hydrogen-bond acceptors (Lipinski definition) is 4.